The van der Waals surface area contributed by atoms with Crippen molar-refractivity contribution in [3.05, 3.63) is 58.7 Å². The van der Waals surface area contributed by atoms with Crippen molar-refractivity contribution in [2.75, 3.05) is 0 Å². The molecule has 2 heterocycles. The number of hydrogen-bond acceptors (Lipinski definition) is 14. The van der Waals surface area contributed by atoms with Gasteiger partial charge in [-0.15, -0.1) is 0 Å². The summed E-state index contributed by atoms with van der Waals surface area (Å²) >= 11 is 0. The SMILES string of the molecule is Oc1cc(O)c2c(c1)O[C@H](c1cc(O)c(O)c(O)c1-c1c([C@@H]3Oc4cc(O)cc(O)c4C[C@@H]3O)cc(O)c(O)c1O)[C@@H](O)C2. The molecule has 2 aliphatic rings. The van der Waals surface area contributed by atoms with Crippen LogP contribution < -0.4 is 9.47 Å². The van der Waals surface area contributed by atoms with Gasteiger partial charge in [-0.3, -0.25) is 0 Å². The van der Waals surface area contributed by atoms with Gasteiger partial charge in [0.2, 0.25) is 11.5 Å². The highest BCUT2D eigenvalue weighted by Crippen LogP contribution is 2.57. The van der Waals surface area contributed by atoms with Crippen molar-refractivity contribution in [1.29, 1.82) is 0 Å². The molecular formula is C30H26O14. The summed E-state index contributed by atoms with van der Waals surface area (Å²) in [4.78, 5) is 0. The van der Waals surface area contributed by atoms with E-state index in [1.165, 1.54) is 0 Å². The number of phenols is 10. The first kappa shape index (κ1) is 28.5. The molecule has 0 spiro atoms. The first-order chi connectivity index (χ1) is 20.8. The fourth-order valence-electron chi connectivity index (χ4n) is 5.76. The molecule has 0 saturated carbocycles. The fourth-order valence-corrected chi connectivity index (χ4v) is 5.76. The molecule has 0 bridgehead atoms. The summed E-state index contributed by atoms with van der Waals surface area (Å²) in [6.45, 7) is 0. The minimum absolute atomic E-state index is 0.0731. The van der Waals surface area contributed by atoms with Crippen LogP contribution in [0.1, 0.15) is 34.5 Å². The van der Waals surface area contributed by atoms with Crippen molar-refractivity contribution in [2.24, 2.45) is 0 Å². The van der Waals surface area contributed by atoms with Crippen molar-refractivity contribution in [3.8, 4) is 80.1 Å². The number of rotatable bonds is 3. The maximum atomic E-state index is 11.2. The maximum absolute atomic E-state index is 11.2. The lowest BCUT2D eigenvalue weighted by atomic mass is 9.83. The van der Waals surface area contributed by atoms with Crippen LogP contribution in [-0.2, 0) is 12.8 Å². The summed E-state index contributed by atoms with van der Waals surface area (Å²) in [5, 5.41) is 127. The summed E-state index contributed by atoms with van der Waals surface area (Å²) in [5.74, 6) is -7.69. The van der Waals surface area contributed by atoms with Crippen molar-refractivity contribution in [2.45, 2.75) is 37.3 Å². The Kier molecular flexibility index (Phi) is 6.48. The average Bonchev–Trinajstić information content (AvgIpc) is 2.95. The lowest BCUT2D eigenvalue weighted by Gasteiger charge is -2.35. The van der Waals surface area contributed by atoms with Crippen molar-refractivity contribution < 1.29 is 70.8 Å². The molecule has 6 rings (SSSR count). The van der Waals surface area contributed by atoms with Gasteiger partial charge in [-0.1, -0.05) is 0 Å². The average molecular weight is 611 g/mol. The zero-order valence-corrected chi connectivity index (χ0v) is 22.4. The molecule has 230 valence electrons. The summed E-state index contributed by atoms with van der Waals surface area (Å²) in [5.41, 5.74) is -1.34. The largest absolute Gasteiger partial charge is 0.508 e. The van der Waals surface area contributed by atoms with Gasteiger partial charge in [0.05, 0.1) is 12.2 Å². The molecule has 2 aliphatic heterocycles. The second kappa shape index (κ2) is 10.00. The smallest absolute Gasteiger partial charge is 0.200 e. The molecule has 0 aliphatic carbocycles. The van der Waals surface area contributed by atoms with Crippen LogP contribution in [0.2, 0.25) is 0 Å². The van der Waals surface area contributed by atoms with E-state index in [0.717, 1.165) is 36.4 Å². The second-order valence-corrected chi connectivity index (χ2v) is 10.6. The molecule has 4 aromatic rings. The normalized spacial score (nSPS) is 20.7. The van der Waals surface area contributed by atoms with E-state index in [1.54, 1.807) is 0 Å². The minimum Gasteiger partial charge on any atom is -0.508 e. The number of ether oxygens (including phenoxy) is 2. The third-order valence-electron chi connectivity index (χ3n) is 7.81. The summed E-state index contributed by atoms with van der Waals surface area (Å²) in [6, 6.07) is 6.19. The van der Waals surface area contributed by atoms with Crippen LogP contribution >= 0.6 is 0 Å². The number of phenolic OH excluding ortho intramolecular Hbond substituents is 10. The summed E-state index contributed by atoms with van der Waals surface area (Å²) in [6.07, 6.45) is -6.50. The Morgan fingerprint density at radius 1 is 0.455 bits per heavy atom. The van der Waals surface area contributed by atoms with Gasteiger partial charge < -0.3 is 70.8 Å². The van der Waals surface area contributed by atoms with E-state index in [9.17, 15) is 61.3 Å². The Morgan fingerprint density at radius 3 is 1.18 bits per heavy atom. The van der Waals surface area contributed by atoms with E-state index in [-0.39, 0.29) is 69.6 Å². The van der Waals surface area contributed by atoms with E-state index in [0.29, 0.717) is 0 Å². The minimum atomic E-state index is -1.51. The van der Waals surface area contributed by atoms with Crippen LogP contribution in [0.25, 0.3) is 11.1 Å². The summed E-state index contributed by atoms with van der Waals surface area (Å²) < 4.78 is 11.7. The second-order valence-electron chi connectivity index (χ2n) is 10.6. The molecule has 0 amide bonds. The molecule has 14 nitrogen and oxygen atoms in total. The number of aliphatic hydroxyl groups is 2. The molecule has 14 heteroatoms. The van der Waals surface area contributed by atoms with Gasteiger partial charge in [-0.25, -0.2) is 0 Å². The third kappa shape index (κ3) is 4.35. The van der Waals surface area contributed by atoms with Gasteiger partial charge >= 0.3 is 0 Å². The third-order valence-corrected chi connectivity index (χ3v) is 7.81. The van der Waals surface area contributed by atoms with E-state index < -0.39 is 70.0 Å². The van der Waals surface area contributed by atoms with Crippen LogP contribution in [0.4, 0.5) is 0 Å². The van der Waals surface area contributed by atoms with Crippen LogP contribution in [0, 0.1) is 0 Å². The van der Waals surface area contributed by atoms with Gasteiger partial charge in [0.1, 0.15) is 34.5 Å². The fraction of sp³-hybridized carbons (Fsp3) is 0.200. The van der Waals surface area contributed by atoms with Crippen molar-refractivity contribution in [3.63, 3.8) is 0 Å². The molecular weight excluding hydrogens is 584 g/mol. The lowest BCUT2D eigenvalue weighted by molar-refractivity contribution is 0.0188. The van der Waals surface area contributed by atoms with Crippen molar-refractivity contribution in [1.82, 2.24) is 0 Å². The molecule has 44 heavy (non-hydrogen) atoms. The molecule has 0 unspecified atom stereocenters. The highest BCUT2D eigenvalue weighted by atomic mass is 16.5. The zero-order valence-electron chi connectivity index (χ0n) is 22.4. The first-order valence-corrected chi connectivity index (χ1v) is 13.1. The molecule has 0 aromatic heterocycles. The topological polar surface area (TPSA) is 261 Å². The molecule has 0 radical (unpaired) electrons. The van der Waals surface area contributed by atoms with E-state index in [4.69, 9.17) is 9.47 Å². The molecule has 12 N–H and O–H groups in total. The Morgan fingerprint density at radius 2 is 0.818 bits per heavy atom. The Bertz CT molecular complexity index is 1700. The number of benzene rings is 4. The Labute approximate surface area is 247 Å². The highest BCUT2D eigenvalue weighted by Gasteiger charge is 2.40. The Balaban J connectivity index is 1.59. The van der Waals surface area contributed by atoms with Crippen LogP contribution in [0.5, 0.6) is 69.0 Å². The predicted octanol–water partition coefficient (Wildman–Crippen LogP) is 2.48. The lowest BCUT2D eigenvalue weighted by Crippen LogP contribution is -2.32. The van der Waals surface area contributed by atoms with Gasteiger partial charge in [0, 0.05) is 70.5 Å². The van der Waals surface area contributed by atoms with Crippen LogP contribution in [0.15, 0.2) is 36.4 Å². The van der Waals surface area contributed by atoms with Crippen LogP contribution in [0.3, 0.4) is 0 Å². The number of hydrogen-bond donors (Lipinski definition) is 12. The standard InChI is InChI=1S/C30H26O14/c31-9-1-15(33)11-5-19(37)29(43-21(11)3-9)13-7-17(35)25(39)27(41)23(13)24-14(8-18(36)26(40)28(24)42)30-20(38)6-12-16(34)2-10(32)4-22(12)44-30/h1-4,7-8,19-20,29-42H,5-6H2/t19-,20-,29-,30+/m0/s1. The number of aromatic hydroxyl groups is 10. The quantitative estimate of drug-likeness (QED) is 0.149. The molecule has 4 atom stereocenters. The zero-order chi connectivity index (χ0) is 31.8. The van der Waals surface area contributed by atoms with Gasteiger partial charge in [-0.05, 0) is 12.1 Å². The van der Waals surface area contributed by atoms with Gasteiger partial charge in [0.15, 0.2) is 35.2 Å². The van der Waals surface area contributed by atoms with E-state index in [1.807, 2.05) is 0 Å². The molecule has 0 fully saturated rings. The molecule has 4 aromatic carbocycles. The molecule has 0 saturated heterocycles. The predicted molar refractivity (Wildman–Crippen MR) is 148 cm³/mol. The number of aliphatic hydroxyl groups excluding tert-OH is 2. The van der Waals surface area contributed by atoms with Gasteiger partial charge in [0.25, 0.3) is 0 Å². The van der Waals surface area contributed by atoms with Crippen molar-refractivity contribution >= 4 is 0 Å². The van der Waals surface area contributed by atoms with E-state index >= 15 is 0 Å². The van der Waals surface area contributed by atoms with Crippen LogP contribution in [-0.4, -0.2) is 73.5 Å². The van der Waals surface area contributed by atoms with Gasteiger partial charge in [-0.2, -0.15) is 0 Å². The Hall–Kier alpha value is -5.60. The maximum Gasteiger partial charge on any atom is 0.200 e. The first-order valence-electron chi connectivity index (χ1n) is 13.1. The monoisotopic (exact) mass is 610 g/mol. The van der Waals surface area contributed by atoms with E-state index in [2.05, 4.69) is 0 Å². The summed E-state index contributed by atoms with van der Waals surface area (Å²) in [7, 11) is 0. The number of fused-ring (bicyclic) bond motifs is 2. The highest BCUT2D eigenvalue weighted by molar-refractivity contribution is 5.88.